The number of carbonyl (C=O) groups is 1. The van der Waals surface area contributed by atoms with Crippen molar-refractivity contribution in [1.82, 2.24) is 24.8 Å². The van der Waals surface area contributed by atoms with E-state index >= 15 is 0 Å². The Kier molecular flexibility index (Phi) is 6.75. The van der Waals surface area contributed by atoms with E-state index in [4.69, 9.17) is 11.6 Å². The summed E-state index contributed by atoms with van der Waals surface area (Å²) in [4.78, 5) is 25.4. The summed E-state index contributed by atoms with van der Waals surface area (Å²) in [5.41, 5.74) is 2.21. The zero-order valence-corrected chi connectivity index (χ0v) is 18.3. The first-order valence-electron chi connectivity index (χ1n) is 10.4. The molecule has 0 saturated heterocycles. The van der Waals surface area contributed by atoms with E-state index in [2.05, 4.69) is 20.3 Å². The third kappa shape index (κ3) is 4.94. The molecule has 1 N–H and O–H groups in total. The summed E-state index contributed by atoms with van der Waals surface area (Å²) in [6.45, 7) is 2.15. The number of benzene rings is 2. The predicted octanol–water partition coefficient (Wildman–Crippen LogP) is 5.11. The molecule has 2 unspecified atom stereocenters. The molecular formula is C24H23ClFN5O. The fraction of sp³-hybridized carbons (Fsp3) is 0.250. The van der Waals surface area contributed by atoms with Gasteiger partial charge in [-0.25, -0.2) is 19.3 Å². The van der Waals surface area contributed by atoms with Gasteiger partial charge in [-0.15, -0.1) is 0 Å². The van der Waals surface area contributed by atoms with Crippen LogP contribution in [-0.2, 0) is 6.42 Å². The van der Waals surface area contributed by atoms with Gasteiger partial charge in [-0.3, -0.25) is 4.79 Å². The molecule has 8 heteroatoms. The number of fused-ring (bicyclic) bond motifs is 1. The number of hydrogen-bond donors (Lipinski definition) is 1. The van der Waals surface area contributed by atoms with Gasteiger partial charge < -0.3 is 9.88 Å². The summed E-state index contributed by atoms with van der Waals surface area (Å²) in [5, 5.41) is 4.50. The Hall–Kier alpha value is -3.32. The Morgan fingerprint density at radius 3 is 2.78 bits per heavy atom. The summed E-state index contributed by atoms with van der Waals surface area (Å²) >= 11 is 6.05. The minimum absolute atomic E-state index is 0.107. The second-order valence-electron chi connectivity index (χ2n) is 7.55. The van der Waals surface area contributed by atoms with Gasteiger partial charge in [0.05, 0.1) is 5.52 Å². The second-order valence-corrected chi connectivity index (χ2v) is 7.99. The third-order valence-electron chi connectivity index (χ3n) is 5.44. The van der Waals surface area contributed by atoms with Gasteiger partial charge in [-0.1, -0.05) is 36.7 Å². The standard InChI is InChI=1S/C24H23ClFN5O/c1-2-22(26)31-10-9-28-23(31)12-19(16-5-7-20(25)8-6-16)14-29-24(32)17-3-4-18-13-27-15-30-21(18)11-17/h3-11,13,15,19,22H,2,12,14H2,1H3,(H,29,32). The van der Waals surface area contributed by atoms with Gasteiger partial charge in [0.1, 0.15) is 12.2 Å². The van der Waals surface area contributed by atoms with E-state index in [1.165, 1.54) is 6.33 Å². The van der Waals surface area contributed by atoms with Crippen molar-refractivity contribution in [2.45, 2.75) is 32.0 Å². The average molecular weight is 452 g/mol. The van der Waals surface area contributed by atoms with Gasteiger partial charge in [-0.05, 0) is 36.2 Å². The Balaban J connectivity index is 1.54. The van der Waals surface area contributed by atoms with Crippen molar-refractivity contribution < 1.29 is 9.18 Å². The first-order chi connectivity index (χ1) is 15.5. The molecule has 1 amide bonds. The number of alkyl halides is 1. The molecule has 0 fully saturated rings. The lowest BCUT2D eigenvalue weighted by Crippen LogP contribution is -2.30. The van der Waals surface area contributed by atoms with E-state index in [0.717, 1.165) is 10.9 Å². The van der Waals surface area contributed by atoms with Gasteiger partial charge in [-0.2, -0.15) is 0 Å². The quantitative estimate of drug-likeness (QED) is 0.404. The summed E-state index contributed by atoms with van der Waals surface area (Å²) in [5.74, 6) is 0.324. The summed E-state index contributed by atoms with van der Waals surface area (Å²) in [6.07, 6.45) is 6.11. The number of rotatable bonds is 8. The molecule has 6 nitrogen and oxygen atoms in total. The molecular weight excluding hydrogens is 429 g/mol. The molecule has 164 valence electrons. The lowest BCUT2D eigenvalue weighted by molar-refractivity contribution is 0.0950. The molecule has 0 aliphatic rings. The van der Waals surface area contributed by atoms with Gasteiger partial charge in [0.15, 0.2) is 6.30 Å². The molecule has 0 aliphatic carbocycles. The summed E-state index contributed by atoms with van der Waals surface area (Å²) in [6, 6.07) is 12.8. The van der Waals surface area contributed by atoms with Gasteiger partial charge in [0.25, 0.3) is 5.91 Å². The highest BCUT2D eigenvalue weighted by atomic mass is 35.5. The van der Waals surface area contributed by atoms with Gasteiger partial charge >= 0.3 is 0 Å². The molecule has 2 aromatic carbocycles. The van der Waals surface area contributed by atoms with E-state index in [1.807, 2.05) is 30.3 Å². The van der Waals surface area contributed by atoms with Gasteiger partial charge in [0.2, 0.25) is 0 Å². The highest BCUT2D eigenvalue weighted by Gasteiger charge is 2.20. The number of nitrogens with one attached hydrogen (secondary N) is 1. The fourth-order valence-electron chi connectivity index (χ4n) is 3.65. The van der Waals surface area contributed by atoms with Crippen molar-refractivity contribution in [3.63, 3.8) is 0 Å². The van der Waals surface area contributed by atoms with Crippen LogP contribution in [0.1, 0.15) is 47.3 Å². The average Bonchev–Trinajstić information content (AvgIpc) is 3.29. The van der Waals surface area contributed by atoms with Crippen LogP contribution in [0.5, 0.6) is 0 Å². The number of carbonyl (C=O) groups excluding carboxylic acids is 1. The Labute approximate surface area is 190 Å². The molecule has 0 spiro atoms. The fourth-order valence-corrected chi connectivity index (χ4v) is 3.78. The molecule has 0 aliphatic heterocycles. The largest absolute Gasteiger partial charge is 0.351 e. The maximum absolute atomic E-state index is 14.4. The van der Waals surface area contributed by atoms with Crippen LogP contribution >= 0.6 is 11.6 Å². The highest BCUT2D eigenvalue weighted by Crippen LogP contribution is 2.24. The minimum atomic E-state index is -1.13. The molecule has 0 saturated carbocycles. The molecule has 4 aromatic rings. The van der Waals surface area contributed by atoms with E-state index in [0.29, 0.717) is 41.3 Å². The van der Waals surface area contributed by atoms with Crippen molar-refractivity contribution in [1.29, 1.82) is 0 Å². The second kappa shape index (κ2) is 9.87. The maximum atomic E-state index is 14.4. The molecule has 2 heterocycles. The maximum Gasteiger partial charge on any atom is 0.251 e. The van der Waals surface area contributed by atoms with Crippen LogP contribution in [0.25, 0.3) is 10.9 Å². The number of imidazole rings is 1. The van der Waals surface area contributed by atoms with Crippen molar-refractivity contribution in [2.75, 3.05) is 6.54 Å². The normalized spacial score (nSPS) is 13.1. The first-order valence-corrected chi connectivity index (χ1v) is 10.8. The Morgan fingerprint density at radius 1 is 1.19 bits per heavy atom. The van der Waals surface area contributed by atoms with Crippen molar-refractivity contribution >= 4 is 28.4 Å². The number of nitrogens with zero attached hydrogens (tertiary/aromatic N) is 4. The summed E-state index contributed by atoms with van der Waals surface area (Å²) in [7, 11) is 0. The highest BCUT2D eigenvalue weighted by molar-refractivity contribution is 6.30. The van der Waals surface area contributed by atoms with Crippen LogP contribution < -0.4 is 5.32 Å². The zero-order valence-electron chi connectivity index (χ0n) is 17.6. The van der Waals surface area contributed by atoms with Gasteiger partial charge in [0, 0.05) is 53.4 Å². The lowest BCUT2D eigenvalue weighted by atomic mass is 9.95. The predicted molar refractivity (Wildman–Crippen MR) is 122 cm³/mol. The van der Waals surface area contributed by atoms with Crippen LogP contribution in [-0.4, -0.2) is 32.0 Å². The van der Waals surface area contributed by atoms with E-state index in [-0.39, 0.29) is 11.8 Å². The zero-order chi connectivity index (χ0) is 22.5. The minimum Gasteiger partial charge on any atom is -0.351 e. The third-order valence-corrected chi connectivity index (χ3v) is 5.69. The smallest absolute Gasteiger partial charge is 0.251 e. The van der Waals surface area contributed by atoms with Crippen molar-refractivity contribution in [2.24, 2.45) is 0 Å². The molecule has 2 atom stereocenters. The lowest BCUT2D eigenvalue weighted by Gasteiger charge is -2.20. The Morgan fingerprint density at radius 2 is 2.00 bits per heavy atom. The molecule has 0 bridgehead atoms. The van der Waals surface area contributed by atoms with Crippen LogP contribution in [0.15, 0.2) is 67.4 Å². The van der Waals surface area contributed by atoms with Crippen molar-refractivity contribution in [3.8, 4) is 0 Å². The number of hydrogen-bond acceptors (Lipinski definition) is 4. The molecule has 32 heavy (non-hydrogen) atoms. The molecule has 4 rings (SSSR count). The topological polar surface area (TPSA) is 72.7 Å². The van der Waals surface area contributed by atoms with Crippen molar-refractivity contribution in [3.05, 3.63) is 89.4 Å². The molecule has 0 radical (unpaired) electrons. The van der Waals surface area contributed by atoms with Crippen LogP contribution in [0.3, 0.4) is 0 Å². The van der Waals surface area contributed by atoms with E-state index in [1.54, 1.807) is 42.2 Å². The van der Waals surface area contributed by atoms with E-state index in [9.17, 15) is 9.18 Å². The first kappa shape index (κ1) is 21.9. The number of aromatic nitrogens is 4. The van der Waals surface area contributed by atoms with Crippen LogP contribution in [0, 0.1) is 0 Å². The Bertz CT molecular complexity index is 1210. The van der Waals surface area contributed by atoms with E-state index < -0.39 is 6.30 Å². The monoisotopic (exact) mass is 451 g/mol. The SMILES string of the molecule is CCC(F)n1ccnc1CC(CNC(=O)c1ccc2cncnc2c1)c1ccc(Cl)cc1. The summed E-state index contributed by atoms with van der Waals surface area (Å²) < 4.78 is 15.9. The molecule has 2 aromatic heterocycles. The van der Waals surface area contributed by atoms with Crippen LogP contribution in [0.4, 0.5) is 4.39 Å². The number of halogens is 2. The van der Waals surface area contributed by atoms with Crippen LogP contribution in [0.2, 0.25) is 5.02 Å². The number of amides is 1.